The standard InChI is InChI=1S/C56H35N5O/c1-5-17-36(18-6-1)40-29-30-42(37-19-7-2-8-20-37)47(33-40)41-34-48(55-59-53(38-21-9-3-10-22-38)58-54(60-55)39-23-11-4-12-24-39)56(57-35-41)61-49-27-15-13-25-43(49)45-31-32-46-44-26-14-16-28-50(44)62-52(46)51(45)61/h1-35H. The summed E-state index contributed by atoms with van der Waals surface area (Å²) in [4.78, 5) is 21.2. The molecular formula is C56H35N5O. The van der Waals surface area contributed by atoms with Crippen molar-refractivity contribution in [3.05, 3.63) is 212 Å². The summed E-state index contributed by atoms with van der Waals surface area (Å²) in [6.45, 7) is 0. The number of furan rings is 1. The number of benzene rings is 8. The first-order chi connectivity index (χ1) is 30.7. The van der Waals surface area contributed by atoms with Crippen LogP contribution in [0.3, 0.4) is 0 Å². The molecule has 0 unspecified atom stereocenters. The number of rotatable bonds is 7. The molecule has 0 fully saturated rings. The van der Waals surface area contributed by atoms with Crippen LogP contribution in [0.15, 0.2) is 217 Å². The van der Waals surface area contributed by atoms with E-state index in [2.05, 4.69) is 132 Å². The van der Waals surface area contributed by atoms with Gasteiger partial charge in [0.25, 0.3) is 0 Å². The Balaban J connectivity index is 1.20. The number of fused-ring (bicyclic) bond motifs is 7. The van der Waals surface area contributed by atoms with Crippen molar-refractivity contribution in [2.45, 2.75) is 0 Å². The van der Waals surface area contributed by atoms with Gasteiger partial charge >= 0.3 is 0 Å². The van der Waals surface area contributed by atoms with Gasteiger partial charge in [-0.05, 0) is 58.1 Å². The number of para-hydroxylation sites is 2. The monoisotopic (exact) mass is 793 g/mol. The largest absolute Gasteiger partial charge is 0.454 e. The predicted molar refractivity (Wildman–Crippen MR) is 252 cm³/mol. The molecule has 0 amide bonds. The van der Waals surface area contributed by atoms with Gasteiger partial charge in [-0.2, -0.15) is 0 Å². The molecule has 4 aromatic heterocycles. The van der Waals surface area contributed by atoms with Crippen LogP contribution in [-0.4, -0.2) is 24.5 Å². The van der Waals surface area contributed by atoms with Crippen LogP contribution < -0.4 is 0 Å². The summed E-state index contributed by atoms with van der Waals surface area (Å²) in [6, 6.07) is 71.2. The molecule has 12 aromatic rings. The van der Waals surface area contributed by atoms with E-state index in [1.807, 2.05) is 85.1 Å². The van der Waals surface area contributed by atoms with Crippen molar-refractivity contribution in [1.29, 1.82) is 0 Å². The van der Waals surface area contributed by atoms with Crippen LogP contribution >= 0.6 is 0 Å². The zero-order valence-corrected chi connectivity index (χ0v) is 33.4. The molecule has 0 atom stereocenters. The maximum atomic E-state index is 6.78. The Kier molecular flexibility index (Phi) is 8.38. The lowest BCUT2D eigenvalue weighted by molar-refractivity contribution is 0.671. The van der Waals surface area contributed by atoms with E-state index in [4.69, 9.17) is 24.4 Å². The predicted octanol–water partition coefficient (Wildman–Crippen LogP) is 14.3. The van der Waals surface area contributed by atoms with Crippen LogP contribution in [0.4, 0.5) is 0 Å². The van der Waals surface area contributed by atoms with Crippen LogP contribution in [-0.2, 0) is 0 Å². The Hall–Kier alpha value is -8.48. The average Bonchev–Trinajstić information content (AvgIpc) is 3.91. The molecule has 0 saturated heterocycles. The van der Waals surface area contributed by atoms with Crippen molar-refractivity contribution in [3.63, 3.8) is 0 Å². The van der Waals surface area contributed by atoms with Gasteiger partial charge in [-0.15, -0.1) is 0 Å². The topological polar surface area (TPSA) is 69.6 Å². The number of aromatic nitrogens is 5. The Morgan fingerprint density at radius 1 is 0.355 bits per heavy atom. The zero-order chi connectivity index (χ0) is 41.0. The number of nitrogens with zero attached hydrogens (tertiary/aromatic N) is 5. The molecule has 8 aromatic carbocycles. The quantitative estimate of drug-likeness (QED) is 0.161. The molecule has 0 aliphatic heterocycles. The lowest BCUT2D eigenvalue weighted by Crippen LogP contribution is -2.06. The van der Waals surface area contributed by atoms with Crippen molar-refractivity contribution in [2.75, 3.05) is 0 Å². The van der Waals surface area contributed by atoms with Gasteiger partial charge in [0.1, 0.15) is 11.4 Å². The van der Waals surface area contributed by atoms with Crippen LogP contribution in [0.5, 0.6) is 0 Å². The van der Waals surface area contributed by atoms with Gasteiger partial charge in [0.05, 0.1) is 16.6 Å². The first kappa shape index (κ1) is 35.5. The Bertz CT molecular complexity index is 3560. The van der Waals surface area contributed by atoms with E-state index in [9.17, 15) is 0 Å². The highest BCUT2D eigenvalue weighted by atomic mass is 16.3. The normalized spacial score (nSPS) is 11.5. The van der Waals surface area contributed by atoms with Crippen molar-refractivity contribution in [3.8, 4) is 73.4 Å². The lowest BCUT2D eigenvalue weighted by atomic mass is 9.91. The summed E-state index contributed by atoms with van der Waals surface area (Å²) < 4.78 is 9.02. The third-order valence-electron chi connectivity index (χ3n) is 11.7. The molecule has 6 heteroatoms. The summed E-state index contributed by atoms with van der Waals surface area (Å²) in [7, 11) is 0. The Morgan fingerprint density at radius 2 is 0.903 bits per heavy atom. The molecule has 4 heterocycles. The van der Waals surface area contributed by atoms with Crippen LogP contribution in [0.2, 0.25) is 0 Å². The SMILES string of the molecule is c1ccc(-c2ccc(-c3ccccc3)c(-c3cnc(-n4c5ccccc5c5ccc6c7ccccc7oc6c54)c(-c4nc(-c5ccccc5)nc(-c5ccccc5)n4)c3)c2)cc1. The molecule has 0 spiro atoms. The molecule has 0 aliphatic rings. The Morgan fingerprint density at radius 3 is 1.60 bits per heavy atom. The van der Waals surface area contributed by atoms with Crippen molar-refractivity contribution < 1.29 is 4.42 Å². The van der Waals surface area contributed by atoms with Gasteiger partial charge < -0.3 is 4.42 Å². The van der Waals surface area contributed by atoms with Crippen LogP contribution in [0.1, 0.15) is 0 Å². The van der Waals surface area contributed by atoms with E-state index < -0.39 is 0 Å². The molecular weight excluding hydrogens is 759 g/mol. The van der Waals surface area contributed by atoms with E-state index in [-0.39, 0.29) is 0 Å². The molecule has 0 bridgehead atoms. The highest BCUT2D eigenvalue weighted by molar-refractivity contribution is 6.21. The average molecular weight is 794 g/mol. The summed E-state index contributed by atoms with van der Waals surface area (Å²) in [5.74, 6) is 2.33. The molecule has 0 radical (unpaired) electrons. The van der Waals surface area contributed by atoms with Crippen molar-refractivity contribution >= 4 is 43.7 Å². The number of hydrogen-bond donors (Lipinski definition) is 0. The minimum atomic E-state index is 0.505. The molecule has 0 aliphatic carbocycles. The second-order valence-corrected chi connectivity index (χ2v) is 15.4. The van der Waals surface area contributed by atoms with E-state index in [0.29, 0.717) is 23.3 Å². The fraction of sp³-hybridized carbons (Fsp3) is 0. The second kappa shape index (κ2) is 14.7. The second-order valence-electron chi connectivity index (χ2n) is 15.4. The van der Waals surface area contributed by atoms with Gasteiger partial charge in [0, 0.05) is 44.4 Å². The molecule has 0 saturated carbocycles. The van der Waals surface area contributed by atoms with E-state index in [1.165, 1.54) is 0 Å². The summed E-state index contributed by atoms with van der Waals surface area (Å²) in [5.41, 5.74) is 12.5. The smallest absolute Gasteiger partial charge is 0.167 e. The minimum absolute atomic E-state index is 0.505. The first-order valence-electron chi connectivity index (χ1n) is 20.7. The zero-order valence-electron chi connectivity index (χ0n) is 33.4. The van der Waals surface area contributed by atoms with Crippen molar-refractivity contribution in [1.82, 2.24) is 24.5 Å². The number of pyridine rings is 1. The summed E-state index contributed by atoms with van der Waals surface area (Å²) in [6.07, 6.45) is 1.99. The van der Waals surface area contributed by atoms with Gasteiger partial charge in [-0.1, -0.05) is 176 Å². The molecule has 12 rings (SSSR count). The van der Waals surface area contributed by atoms with E-state index >= 15 is 0 Å². The fourth-order valence-electron chi connectivity index (χ4n) is 8.79. The fourth-order valence-corrected chi connectivity index (χ4v) is 8.79. The van der Waals surface area contributed by atoms with Gasteiger partial charge in [-0.3, -0.25) is 4.57 Å². The summed E-state index contributed by atoms with van der Waals surface area (Å²) in [5, 5.41) is 4.26. The van der Waals surface area contributed by atoms with Crippen LogP contribution in [0, 0.1) is 0 Å². The van der Waals surface area contributed by atoms with Crippen LogP contribution in [0.25, 0.3) is 117 Å². The maximum absolute atomic E-state index is 6.78. The van der Waals surface area contributed by atoms with E-state index in [0.717, 1.165) is 93.8 Å². The van der Waals surface area contributed by atoms with Gasteiger partial charge in [-0.25, -0.2) is 19.9 Å². The molecule has 62 heavy (non-hydrogen) atoms. The first-order valence-corrected chi connectivity index (χ1v) is 20.7. The van der Waals surface area contributed by atoms with Crippen molar-refractivity contribution in [2.24, 2.45) is 0 Å². The maximum Gasteiger partial charge on any atom is 0.167 e. The van der Waals surface area contributed by atoms with E-state index in [1.54, 1.807) is 0 Å². The van der Waals surface area contributed by atoms with Gasteiger partial charge in [0.15, 0.2) is 23.1 Å². The lowest BCUT2D eigenvalue weighted by Gasteiger charge is -2.17. The highest BCUT2D eigenvalue weighted by Gasteiger charge is 2.25. The molecule has 0 N–H and O–H groups in total. The Labute approximate surface area is 357 Å². The third kappa shape index (κ3) is 5.96. The number of hydrogen-bond acceptors (Lipinski definition) is 5. The highest BCUT2D eigenvalue weighted by Crippen LogP contribution is 2.43. The minimum Gasteiger partial charge on any atom is -0.454 e. The van der Waals surface area contributed by atoms with Gasteiger partial charge in [0.2, 0.25) is 0 Å². The third-order valence-corrected chi connectivity index (χ3v) is 11.7. The summed E-state index contributed by atoms with van der Waals surface area (Å²) >= 11 is 0. The molecule has 6 nitrogen and oxygen atoms in total. The molecule has 290 valence electrons.